The first kappa shape index (κ1) is 26.5. The molecule has 0 aliphatic heterocycles. The Morgan fingerprint density at radius 1 is 0.973 bits per heavy atom. The van der Waals surface area contributed by atoms with Crippen molar-refractivity contribution >= 4 is 46.6 Å². The maximum atomic E-state index is 12.6. The van der Waals surface area contributed by atoms with Crippen LogP contribution in [0.4, 0.5) is 0 Å². The lowest BCUT2D eigenvalue weighted by atomic mass is 10.1. The zero-order chi connectivity index (χ0) is 26.4. The third-order valence-electron chi connectivity index (χ3n) is 5.31. The molecule has 8 nitrogen and oxygen atoms in total. The van der Waals surface area contributed by atoms with Gasteiger partial charge in [-0.1, -0.05) is 41.0 Å². The monoisotopic (exact) mass is 555 g/mol. The molecule has 1 aromatic heterocycles. The van der Waals surface area contributed by atoms with Crippen molar-refractivity contribution in [3.63, 3.8) is 0 Å². The van der Waals surface area contributed by atoms with Crippen LogP contribution in [0.15, 0.2) is 77.0 Å². The van der Waals surface area contributed by atoms with E-state index in [0.29, 0.717) is 32.3 Å². The molecule has 1 heterocycles. The first-order valence-electron chi connectivity index (χ1n) is 11.0. The number of carbonyl (C=O) groups excluding carboxylic acids is 1. The molecular weight excluding hydrogens is 533 g/mol. The van der Waals surface area contributed by atoms with Crippen LogP contribution in [0.5, 0.6) is 11.5 Å². The SMILES string of the molecule is COc1ccc(-c2nnc(SCC(=O)N/N=C(\C)c3ccc(Cl)cc3Cl)n2-c2ccc(OC)cc2)cc1. The van der Waals surface area contributed by atoms with Gasteiger partial charge >= 0.3 is 0 Å². The lowest BCUT2D eigenvalue weighted by Crippen LogP contribution is -2.21. The van der Waals surface area contributed by atoms with E-state index in [9.17, 15) is 4.79 Å². The predicted molar refractivity (Wildman–Crippen MR) is 147 cm³/mol. The molecule has 3 aromatic carbocycles. The average Bonchev–Trinajstić information content (AvgIpc) is 3.34. The largest absolute Gasteiger partial charge is 0.497 e. The van der Waals surface area contributed by atoms with Gasteiger partial charge in [-0.3, -0.25) is 9.36 Å². The molecule has 37 heavy (non-hydrogen) atoms. The minimum Gasteiger partial charge on any atom is -0.497 e. The molecule has 4 aromatic rings. The highest BCUT2D eigenvalue weighted by molar-refractivity contribution is 7.99. The molecule has 1 N–H and O–H groups in total. The van der Waals surface area contributed by atoms with E-state index < -0.39 is 0 Å². The van der Waals surface area contributed by atoms with Crippen LogP contribution in [0, 0.1) is 0 Å². The van der Waals surface area contributed by atoms with E-state index >= 15 is 0 Å². The number of nitrogens with zero attached hydrogens (tertiary/aromatic N) is 4. The molecule has 0 fully saturated rings. The third kappa shape index (κ3) is 6.43. The fourth-order valence-electron chi connectivity index (χ4n) is 3.41. The molecule has 1 amide bonds. The first-order chi connectivity index (χ1) is 17.9. The van der Waals surface area contributed by atoms with Crippen LogP contribution in [-0.4, -0.2) is 46.4 Å². The topological polar surface area (TPSA) is 90.6 Å². The summed E-state index contributed by atoms with van der Waals surface area (Å²) in [6.07, 6.45) is 0. The Kier molecular flexibility index (Phi) is 8.70. The van der Waals surface area contributed by atoms with E-state index in [0.717, 1.165) is 22.7 Å². The summed E-state index contributed by atoms with van der Waals surface area (Å²) in [7, 11) is 3.23. The molecule has 0 spiro atoms. The van der Waals surface area contributed by atoms with Gasteiger partial charge in [0.25, 0.3) is 5.91 Å². The Bertz CT molecular complexity index is 1420. The van der Waals surface area contributed by atoms with Gasteiger partial charge in [0.2, 0.25) is 0 Å². The zero-order valence-electron chi connectivity index (χ0n) is 20.2. The summed E-state index contributed by atoms with van der Waals surface area (Å²) in [6, 6.07) is 20.1. The normalized spacial score (nSPS) is 11.3. The summed E-state index contributed by atoms with van der Waals surface area (Å²) >= 11 is 13.4. The molecule has 0 aliphatic carbocycles. The number of nitrogens with one attached hydrogen (secondary N) is 1. The number of amides is 1. The minimum absolute atomic E-state index is 0.0715. The Hall–Kier alpha value is -3.53. The van der Waals surface area contributed by atoms with Crippen molar-refractivity contribution in [2.24, 2.45) is 5.10 Å². The standard InChI is InChI=1S/C26H23Cl2N5O3S/c1-16(22-13-6-18(27)14-23(22)28)29-30-24(34)15-37-26-32-31-25(17-4-9-20(35-2)10-5-17)33(26)19-7-11-21(36-3)12-8-19/h4-14H,15H2,1-3H3,(H,30,34)/b29-16+. The lowest BCUT2D eigenvalue weighted by molar-refractivity contribution is -0.118. The van der Waals surface area contributed by atoms with Crippen molar-refractivity contribution in [2.75, 3.05) is 20.0 Å². The van der Waals surface area contributed by atoms with E-state index in [2.05, 4.69) is 20.7 Å². The molecular formula is C26H23Cl2N5O3S. The average molecular weight is 556 g/mol. The molecule has 0 bridgehead atoms. The maximum Gasteiger partial charge on any atom is 0.250 e. The van der Waals surface area contributed by atoms with E-state index in [1.54, 1.807) is 39.3 Å². The fourth-order valence-corrected chi connectivity index (χ4v) is 4.70. The number of ether oxygens (including phenoxy) is 2. The first-order valence-corrected chi connectivity index (χ1v) is 12.8. The second-order valence-corrected chi connectivity index (χ2v) is 9.50. The van der Waals surface area contributed by atoms with Crippen molar-refractivity contribution in [1.82, 2.24) is 20.2 Å². The molecule has 4 rings (SSSR count). The van der Waals surface area contributed by atoms with Crippen LogP contribution in [0.2, 0.25) is 10.0 Å². The molecule has 190 valence electrons. The molecule has 0 atom stereocenters. The second kappa shape index (κ2) is 12.1. The molecule has 0 aliphatic rings. The van der Waals surface area contributed by atoms with E-state index in [1.165, 1.54) is 11.8 Å². The van der Waals surface area contributed by atoms with Crippen LogP contribution in [0.1, 0.15) is 12.5 Å². The van der Waals surface area contributed by atoms with Crippen LogP contribution in [-0.2, 0) is 4.79 Å². The predicted octanol–water partition coefficient (Wildman–Crippen LogP) is 5.89. The highest BCUT2D eigenvalue weighted by atomic mass is 35.5. The molecule has 11 heteroatoms. The van der Waals surface area contributed by atoms with E-state index in [1.807, 2.05) is 53.1 Å². The van der Waals surface area contributed by atoms with Gasteiger partial charge in [0.15, 0.2) is 11.0 Å². The number of hydrazone groups is 1. The number of carbonyl (C=O) groups is 1. The summed E-state index contributed by atoms with van der Waals surface area (Å²) in [4.78, 5) is 12.6. The van der Waals surface area contributed by atoms with Gasteiger partial charge in [-0.2, -0.15) is 5.10 Å². The summed E-state index contributed by atoms with van der Waals surface area (Å²) in [5.41, 5.74) is 5.48. The fraction of sp³-hybridized carbons (Fsp3) is 0.154. The molecule has 0 saturated heterocycles. The number of rotatable bonds is 9. The van der Waals surface area contributed by atoms with Crippen LogP contribution >= 0.6 is 35.0 Å². The van der Waals surface area contributed by atoms with Crippen molar-refractivity contribution < 1.29 is 14.3 Å². The van der Waals surface area contributed by atoms with Crippen LogP contribution in [0.3, 0.4) is 0 Å². The molecule has 0 unspecified atom stereocenters. The zero-order valence-corrected chi connectivity index (χ0v) is 22.6. The van der Waals surface area contributed by atoms with Crippen molar-refractivity contribution in [3.05, 3.63) is 82.3 Å². The van der Waals surface area contributed by atoms with Gasteiger partial charge in [0, 0.05) is 21.8 Å². The quantitative estimate of drug-likeness (QED) is 0.157. The number of halogens is 2. The van der Waals surface area contributed by atoms with Crippen LogP contribution < -0.4 is 14.9 Å². The Morgan fingerprint density at radius 3 is 2.24 bits per heavy atom. The summed E-state index contributed by atoms with van der Waals surface area (Å²) in [5, 5.41) is 14.5. The Balaban J connectivity index is 1.54. The smallest absolute Gasteiger partial charge is 0.250 e. The number of benzene rings is 3. The number of hydrogen-bond acceptors (Lipinski definition) is 7. The Morgan fingerprint density at radius 2 is 1.62 bits per heavy atom. The van der Waals surface area contributed by atoms with E-state index in [4.69, 9.17) is 32.7 Å². The van der Waals surface area contributed by atoms with Gasteiger partial charge in [-0.25, -0.2) is 5.43 Å². The number of thioether (sulfide) groups is 1. The van der Waals surface area contributed by atoms with Gasteiger partial charge in [-0.05, 0) is 67.6 Å². The third-order valence-corrected chi connectivity index (χ3v) is 6.79. The van der Waals surface area contributed by atoms with Gasteiger partial charge in [0.1, 0.15) is 11.5 Å². The van der Waals surface area contributed by atoms with Crippen molar-refractivity contribution in [1.29, 1.82) is 0 Å². The maximum absolute atomic E-state index is 12.6. The highest BCUT2D eigenvalue weighted by Crippen LogP contribution is 2.30. The molecule has 0 radical (unpaired) electrons. The highest BCUT2D eigenvalue weighted by Gasteiger charge is 2.18. The summed E-state index contributed by atoms with van der Waals surface area (Å²) in [6.45, 7) is 1.75. The summed E-state index contributed by atoms with van der Waals surface area (Å²) < 4.78 is 12.4. The van der Waals surface area contributed by atoms with Crippen molar-refractivity contribution in [2.45, 2.75) is 12.1 Å². The van der Waals surface area contributed by atoms with Gasteiger partial charge in [-0.15, -0.1) is 10.2 Å². The minimum atomic E-state index is -0.301. The van der Waals surface area contributed by atoms with Crippen LogP contribution in [0.25, 0.3) is 17.1 Å². The molecule has 0 saturated carbocycles. The Labute approximate surface area is 228 Å². The number of aromatic nitrogens is 3. The van der Waals surface area contributed by atoms with Gasteiger partial charge in [0.05, 0.1) is 30.7 Å². The number of methoxy groups -OCH3 is 2. The van der Waals surface area contributed by atoms with E-state index in [-0.39, 0.29) is 11.7 Å². The second-order valence-electron chi connectivity index (χ2n) is 7.71. The lowest BCUT2D eigenvalue weighted by Gasteiger charge is -2.11. The van der Waals surface area contributed by atoms with Crippen molar-refractivity contribution in [3.8, 4) is 28.6 Å². The summed E-state index contributed by atoms with van der Waals surface area (Å²) in [5.74, 6) is 1.86. The number of hydrogen-bond donors (Lipinski definition) is 1. The van der Waals surface area contributed by atoms with Gasteiger partial charge < -0.3 is 9.47 Å².